The van der Waals surface area contributed by atoms with E-state index in [0.717, 1.165) is 18.6 Å². The summed E-state index contributed by atoms with van der Waals surface area (Å²) in [5.74, 6) is -0.00284. The molecular formula is C19H21F3N4O2. The van der Waals surface area contributed by atoms with Crippen LogP contribution in [-0.4, -0.2) is 23.0 Å². The van der Waals surface area contributed by atoms with Crippen molar-refractivity contribution in [1.29, 1.82) is 0 Å². The zero-order valence-corrected chi connectivity index (χ0v) is 15.2. The van der Waals surface area contributed by atoms with Crippen LogP contribution in [0.15, 0.2) is 42.6 Å². The molecule has 1 aliphatic heterocycles. The minimum Gasteiger partial charge on any atom is -0.439 e. The molecule has 0 spiro atoms. The third kappa shape index (κ3) is 4.99. The van der Waals surface area contributed by atoms with E-state index in [9.17, 15) is 18.0 Å². The number of rotatable bonds is 6. The lowest BCUT2D eigenvalue weighted by Crippen LogP contribution is -2.43. The molecule has 150 valence electrons. The van der Waals surface area contributed by atoms with E-state index in [2.05, 4.69) is 21.2 Å². The molecule has 2 atom stereocenters. The van der Waals surface area contributed by atoms with E-state index in [0.29, 0.717) is 12.0 Å². The van der Waals surface area contributed by atoms with Gasteiger partial charge in [0.2, 0.25) is 11.8 Å². The number of ether oxygens (including phenoxy) is 1. The monoisotopic (exact) mass is 394 g/mol. The molecule has 0 aliphatic carbocycles. The lowest BCUT2D eigenvalue weighted by molar-refractivity contribution is -0.137. The van der Waals surface area contributed by atoms with Crippen LogP contribution in [0.1, 0.15) is 30.9 Å². The second-order valence-corrected chi connectivity index (χ2v) is 6.50. The van der Waals surface area contributed by atoms with E-state index in [4.69, 9.17) is 4.74 Å². The number of aromatic nitrogens is 1. The van der Waals surface area contributed by atoms with Crippen LogP contribution in [0.3, 0.4) is 0 Å². The highest BCUT2D eigenvalue weighted by Crippen LogP contribution is 2.32. The van der Waals surface area contributed by atoms with Crippen LogP contribution in [0.2, 0.25) is 0 Å². The van der Waals surface area contributed by atoms with Gasteiger partial charge in [0.05, 0.1) is 5.56 Å². The van der Waals surface area contributed by atoms with Crippen molar-refractivity contribution in [2.24, 2.45) is 0 Å². The second-order valence-electron chi connectivity index (χ2n) is 6.50. The molecule has 1 aliphatic rings. The molecule has 2 aromatic rings. The van der Waals surface area contributed by atoms with Crippen molar-refractivity contribution < 1.29 is 22.7 Å². The Morgan fingerprint density at radius 1 is 1.29 bits per heavy atom. The van der Waals surface area contributed by atoms with Crippen LogP contribution >= 0.6 is 0 Å². The summed E-state index contributed by atoms with van der Waals surface area (Å²) in [5.41, 5.74) is 5.77. The number of benzene rings is 1. The number of nitrogens with one attached hydrogen (secondary N) is 3. The highest BCUT2D eigenvalue weighted by atomic mass is 19.4. The normalized spacial score (nSPS) is 19.4. The predicted molar refractivity (Wildman–Crippen MR) is 96.4 cm³/mol. The quantitative estimate of drug-likeness (QED) is 0.702. The van der Waals surface area contributed by atoms with Gasteiger partial charge in [0, 0.05) is 24.3 Å². The molecule has 3 N–H and O–H groups in total. The molecule has 1 aromatic heterocycles. The van der Waals surface area contributed by atoms with Gasteiger partial charge >= 0.3 is 6.18 Å². The molecule has 1 fully saturated rings. The summed E-state index contributed by atoms with van der Waals surface area (Å²) in [6.07, 6.45) is -1.39. The molecule has 1 saturated heterocycles. The Morgan fingerprint density at radius 3 is 2.82 bits per heavy atom. The highest BCUT2D eigenvalue weighted by molar-refractivity contribution is 5.82. The Labute approximate surface area is 160 Å². The molecular weight excluding hydrogens is 373 g/mol. The zero-order chi connectivity index (χ0) is 20.1. The van der Waals surface area contributed by atoms with Crippen molar-refractivity contribution in [3.63, 3.8) is 0 Å². The number of amides is 1. The SMILES string of the molecule is CCC1CC(C(=O)NCc2cccnc2Oc2cccc(C(F)(F)F)c2)NN1. The fourth-order valence-corrected chi connectivity index (χ4v) is 2.87. The lowest BCUT2D eigenvalue weighted by atomic mass is 10.1. The molecule has 2 unspecified atom stereocenters. The molecule has 1 aromatic carbocycles. The Kier molecular flexibility index (Phi) is 6.15. The summed E-state index contributed by atoms with van der Waals surface area (Å²) < 4.78 is 44.1. The average molecular weight is 394 g/mol. The minimum atomic E-state index is -4.46. The van der Waals surface area contributed by atoms with Gasteiger partial charge in [-0.15, -0.1) is 0 Å². The van der Waals surface area contributed by atoms with Gasteiger partial charge < -0.3 is 10.1 Å². The summed E-state index contributed by atoms with van der Waals surface area (Å²) in [6, 6.07) is 7.85. The summed E-state index contributed by atoms with van der Waals surface area (Å²) >= 11 is 0. The fraction of sp³-hybridized carbons (Fsp3) is 0.368. The maximum atomic E-state index is 12.9. The maximum Gasteiger partial charge on any atom is 0.416 e. The van der Waals surface area contributed by atoms with Gasteiger partial charge in [0.1, 0.15) is 11.8 Å². The van der Waals surface area contributed by atoms with Crippen molar-refractivity contribution in [2.75, 3.05) is 0 Å². The van der Waals surface area contributed by atoms with Crippen LogP contribution < -0.4 is 20.9 Å². The first-order valence-corrected chi connectivity index (χ1v) is 8.94. The number of alkyl halides is 3. The first-order chi connectivity index (χ1) is 13.4. The van der Waals surface area contributed by atoms with E-state index < -0.39 is 11.7 Å². The van der Waals surface area contributed by atoms with E-state index in [1.54, 1.807) is 12.1 Å². The Bertz CT molecular complexity index is 829. The Balaban J connectivity index is 1.66. The van der Waals surface area contributed by atoms with Gasteiger partial charge in [-0.05, 0) is 37.1 Å². The molecule has 3 rings (SSSR count). The number of hydrogen-bond acceptors (Lipinski definition) is 5. The maximum absolute atomic E-state index is 12.9. The number of carbonyl (C=O) groups excluding carboxylic acids is 1. The number of hydrogen-bond donors (Lipinski definition) is 3. The van der Waals surface area contributed by atoms with Crippen molar-refractivity contribution in [2.45, 2.75) is 44.6 Å². The number of carbonyl (C=O) groups is 1. The molecule has 0 radical (unpaired) electrons. The summed E-state index contributed by atoms with van der Waals surface area (Å²) in [6.45, 7) is 2.18. The molecule has 1 amide bonds. The largest absolute Gasteiger partial charge is 0.439 e. The zero-order valence-electron chi connectivity index (χ0n) is 15.2. The standard InChI is InChI=1S/C19H21F3N4O2/c1-2-14-10-16(26-25-14)17(27)24-11-12-5-4-8-23-18(12)28-15-7-3-6-13(9-15)19(20,21)22/h3-9,14,16,25-26H,2,10-11H2,1H3,(H,24,27). The van der Waals surface area contributed by atoms with E-state index in [-0.39, 0.29) is 36.2 Å². The van der Waals surface area contributed by atoms with Crippen LogP contribution in [-0.2, 0) is 17.5 Å². The first-order valence-electron chi connectivity index (χ1n) is 8.94. The molecule has 6 nitrogen and oxygen atoms in total. The van der Waals surface area contributed by atoms with Crippen molar-refractivity contribution in [3.05, 3.63) is 53.7 Å². The lowest BCUT2D eigenvalue weighted by Gasteiger charge is -2.14. The highest BCUT2D eigenvalue weighted by Gasteiger charge is 2.31. The summed E-state index contributed by atoms with van der Waals surface area (Å²) in [5, 5.41) is 2.81. The van der Waals surface area contributed by atoms with Crippen LogP contribution in [0, 0.1) is 0 Å². The van der Waals surface area contributed by atoms with Crippen molar-refractivity contribution >= 4 is 5.91 Å². The number of halogens is 3. The average Bonchev–Trinajstić information content (AvgIpc) is 3.16. The summed E-state index contributed by atoms with van der Waals surface area (Å²) in [4.78, 5) is 16.4. The summed E-state index contributed by atoms with van der Waals surface area (Å²) in [7, 11) is 0. The topological polar surface area (TPSA) is 75.3 Å². The molecule has 0 saturated carbocycles. The van der Waals surface area contributed by atoms with E-state index >= 15 is 0 Å². The van der Waals surface area contributed by atoms with Gasteiger partial charge in [0.15, 0.2) is 0 Å². The first kappa shape index (κ1) is 20.1. The molecule has 9 heteroatoms. The van der Waals surface area contributed by atoms with Gasteiger partial charge in [-0.2, -0.15) is 13.2 Å². The number of hydrazine groups is 1. The molecule has 2 heterocycles. The second kappa shape index (κ2) is 8.57. The van der Waals surface area contributed by atoms with E-state index in [1.165, 1.54) is 18.3 Å². The van der Waals surface area contributed by atoms with Crippen LogP contribution in [0.25, 0.3) is 0 Å². The van der Waals surface area contributed by atoms with E-state index in [1.807, 2.05) is 6.92 Å². The Hall–Kier alpha value is -2.65. The third-order valence-corrected chi connectivity index (χ3v) is 4.47. The smallest absolute Gasteiger partial charge is 0.416 e. The predicted octanol–water partition coefficient (Wildman–Crippen LogP) is 3.15. The minimum absolute atomic E-state index is 0.0218. The number of nitrogens with zero attached hydrogens (tertiary/aromatic N) is 1. The van der Waals surface area contributed by atoms with Gasteiger partial charge in [-0.25, -0.2) is 10.4 Å². The fourth-order valence-electron chi connectivity index (χ4n) is 2.87. The van der Waals surface area contributed by atoms with Gasteiger partial charge in [0.25, 0.3) is 0 Å². The molecule has 0 bridgehead atoms. The van der Waals surface area contributed by atoms with Gasteiger partial charge in [-0.3, -0.25) is 10.2 Å². The third-order valence-electron chi connectivity index (χ3n) is 4.47. The van der Waals surface area contributed by atoms with Crippen LogP contribution in [0.4, 0.5) is 13.2 Å². The Morgan fingerprint density at radius 2 is 2.11 bits per heavy atom. The van der Waals surface area contributed by atoms with Crippen molar-refractivity contribution in [3.8, 4) is 11.6 Å². The van der Waals surface area contributed by atoms with Crippen LogP contribution in [0.5, 0.6) is 11.6 Å². The van der Waals surface area contributed by atoms with Gasteiger partial charge in [-0.1, -0.05) is 19.1 Å². The molecule has 28 heavy (non-hydrogen) atoms. The van der Waals surface area contributed by atoms with Crippen molar-refractivity contribution in [1.82, 2.24) is 21.2 Å². The number of pyridine rings is 1.